The molecule has 0 radical (unpaired) electrons. The minimum atomic E-state index is -0.0584. The molecule has 4 aromatic carbocycles. The van der Waals surface area contributed by atoms with Crippen molar-refractivity contribution in [1.82, 2.24) is 19.9 Å². The fourth-order valence-corrected chi connectivity index (χ4v) is 9.92. The van der Waals surface area contributed by atoms with Gasteiger partial charge in [-0.05, 0) is 118 Å². The molecule has 4 aromatic heterocycles. The van der Waals surface area contributed by atoms with Crippen LogP contribution in [0, 0.1) is 0 Å². The fourth-order valence-electron chi connectivity index (χ4n) is 8.94. The molecule has 10 rings (SSSR count). The molecule has 0 saturated heterocycles. The Balaban J connectivity index is 0.00000490. The van der Waals surface area contributed by atoms with Crippen molar-refractivity contribution in [3.05, 3.63) is 129 Å². The van der Waals surface area contributed by atoms with E-state index in [-0.39, 0.29) is 41.1 Å². The number of hydrogen-bond acceptors (Lipinski definition) is 3. The molecule has 62 heavy (non-hydrogen) atoms. The molecule has 0 atom stereocenters. The molecule has 8 aromatic rings. The van der Waals surface area contributed by atoms with Crippen LogP contribution in [0.4, 0.5) is 0 Å². The average Bonchev–Trinajstić information content (AvgIpc) is 4.03. The standard InChI is InChI=1S/C56H54N4S.Zn/c1-53(2,3)33-22-31(23-34(26-33)54(4,5)6)48-42-18-16-37(57-42)28-38-17-19-43(58-38)49(32-24-35(55(7,8)9)27-36(25-32)56(10,11)12)46-29-40-39-14-13-15-47-50(39)41(30-61-47)51(52(40)60-46)45-21-20-44(48)59-45;/h13-30H,1-12H3;/q-2;+2. The van der Waals surface area contributed by atoms with Crippen molar-refractivity contribution < 1.29 is 19.5 Å². The van der Waals surface area contributed by atoms with Crippen molar-refractivity contribution in [3.8, 4) is 22.3 Å². The van der Waals surface area contributed by atoms with Gasteiger partial charge in [-0.2, -0.15) is 0 Å². The predicted octanol–water partition coefficient (Wildman–Crippen LogP) is 15.4. The number of aromatic nitrogens is 4. The zero-order chi connectivity index (χ0) is 43.0. The number of hydrogen-bond donors (Lipinski definition) is 0. The minimum absolute atomic E-state index is 0. The van der Waals surface area contributed by atoms with E-state index in [1.807, 2.05) is 0 Å². The quantitative estimate of drug-likeness (QED) is 0.162. The number of nitrogens with zero attached hydrogens (tertiary/aromatic N) is 4. The topological polar surface area (TPSA) is 54.0 Å². The van der Waals surface area contributed by atoms with E-state index in [4.69, 9.17) is 19.9 Å². The molecule has 8 bridgehead atoms. The van der Waals surface area contributed by atoms with Crippen molar-refractivity contribution in [2.75, 3.05) is 0 Å². The molecule has 0 spiro atoms. The van der Waals surface area contributed by atoms with Crippen LogP contribution in [0.5, 0.6) is 0 Å². The summed E-state index contributed by atoms with van der Waals surface area (Å²) in [6, 6.07) is 29.6. The van der Waals surface area contributed by atoms with E-state index < -0.39 is 0 Å². The fraction of sp³-hybridized carbons (Fsp3) is 0.286. The second-order valence-corrected chi connectivity index (χ2v) is 22.2. The second-order valence-electron chi connectivity index (χ2n) is 21.3. The summed E-state index contributed by atoms with van der Waals surface area (Å²) in [4.78, 5) is 22.0. The maximum Gasteiger partial charge on any atom is 2.00 e. The van der Waals surface area contributed by atoms with Crippen LogP contribution in [-0.4, -0.2) is 9.97 Å². The summed E-state index contributed by atoms with van der Waals surface area (Å²) < 4.78 is 1.26. The van der Waals surface area contributed by atoms with Crippen molar-refractivity contribution >= 4 is 89.3 Å². The first kappa shape index (κ1) is 42.2. The maximum absolute atomic E-state index is 5.70. The van der Waals surface area contributed by atoms with Gasteiger partial charge in [-0.3, -0.25) is 0 Å². The van der Waals surface area contributed by atoms with Crippen molar-refractivity contribution in [1.29, 1.82) is 0 Å². The van der Waals surface area contributed by atoms with Crippen LogP contribution >= 0.6 is 11.3 Å². The number of fused-ring (bicyclic) bond motifs is 10. The molecule has 6 heteroatoms. The monoisotopic (exact) mass is 878 g/mol. The molecular formula is C56H54N4SZn. The maximum atomic E-state index is 5.70. The van der Waals surface area contributed by atoms with E-state index in [9.17, 15) is 0 Å². The van der Waals surface area contributed by atoms with Crippen molar-refractivity contribution in [2.45, 2.75) is 105 Å². The molecule has 0 aliphatic carbocycles. The Morgan fingerprint density at radius 1 is 0.468 bits per heavy atom. The van der Waals surface area contributed by atoms with Gasteiger partial charge in [0.1, 0.15) is 0 Å². The van der Waals surface area contributed by atoms with Crippen LogP contribution in [0.1, 0.15) is 128 Å². The Hall–Kier alpha value is -5.16. The first-order valence-electron chi connectivity index (χ1n) is 21.6. The SMILES string of the molecule is CC(C)(C)c1cc(-c2c3nc(c4c5csc6cccc(c7cc([n-]c74)c(-c4cc(C(C)(C)C)cc(C(C)(C)C)c4)c4nc(cc7ccc2[n-]7)C=C4)c65)C=C3)cc(C(C)(C)C)c1.[Zn+2]. The molecule has 306 valence electrons. The van der Waals surface area contributed by atoms with E-state index in [2.05, 4.69) is 192 Å². The van der Waals surface area contributed by atoms with Gasteiger partial charge >= 0.3 is 19.5 Å². The second kappa shape index (κ2) is 14.4. The molecule has 6 heterocycles. The van der Waals surface area contributed by atoms with Crippen LogP contribution < -0.4 is 9.97 Å². The molecular weight excluding hydrogens is 826 g/mol. The van der Waals surface area contributed by atoms with Crippen LogP contribution in [0.15, 0.2) is 84.2 Å². The summed E-state index contributed by atoms with van der Waals surface area (Å²) in [5.41, 5.74) is 16.5. The molecule has 4 nitrogen and oxygen atoms in total. The number of benzene rings is 4. The molecule has 2 aliphatic heterocycles. The van der Waals surface area contributed by atoms with E-state index in [1.165, 1.54) is 43.1 Å². The Kier molecular flexibility index (Phi) is 9.82. The van der Waals surface area contributed by atoms with E-state index in [0.29, 0.717) is 0 Å². The van der Waals surface area contributed by atoms with Gasteiger partial charge in [0, 0.05) is 15.5 Å². The Bertz CT molecular complexity index is 3280. The van der Waals surface area contributed by atoms with Gasteiger partial charge in [-0.15, -0.1) is 33.4 Å². The van der Waals surface area contributed by atoms with E-state index >= 15 is 0 Å². The number of thiophene rings is 1. The smallest absolute Gasteiger partial charge is 0.657 e. The zero-order valence-corrected chi connectivity index (χ0v) is 42.1. The van der Waals surface area contributed by atoms with E-state index in [0.717, 1.165) is 77.9 Å². The molecule has 0 saturated carbocycles. The van der Waals surface area contributed by atoms with Gasteiger partial charge in [0.25, 0.3) is 0 Å². The first-order chi connectivity index (χ1) is 28.7. The molecule has 0 N–H and O–H groups in total. The molecule has 2 aliphatic rings. The molecule has 0 amide bonds. The first-order valence-corrected chi connectivity index (χ1v) is 22.5. The van der Waals surface area contributed by atoms with Gasteiger partial charge < -0.3 is 9.97 Å². The third-order valence-corrected chi connectivity index (χ3v) is 13.6. The Labute approximate surface area is 382 Å². The third kappa shape index (κ3) is 7.18. The van der Waals surface area contributed by atoms with Crippen LogP contribution in [0.25, 0.3) is 100 Å². The third-order valence-electron chi connectivity index (χ3n) is 12.6. The van der Waals surface area contributed by atoms with Gasteiger partial charge in [0.2, 0.25) is 0 Å². The summed E-state index contributed by atoms with van der Waals surface area (Å²) >= 11 is 1.79. The summed E-state index contributed by atoms with van der Waals surface area (Å²) in [6.07, 6.45) is 8.67. The molecule has 0 unspecified atom stereocenters. The van der Waals surface area contributed by atoms with Gasteiger partial charge in [-0.25, -0.2) is 9.97 Å². The Morgan fingerprint density at radius 2 is 1.02 bits per heavy atom. The van der Waals surface area contributed by atoms with E-state index in [1.54, 1.807) is 11.3 Å². The summed E-state index contributed by atoms with van der Waals surface area (Å²) in [5, 5.41) is 8.18. The van der Waals surface area contributed by atoms with Crippen LogP contribution in [0.3, 0.4) is 0 Å². The van der Waals surface area contributed by atoms with Gasteiger partial charge in [0.15, 0.2) is 0 Å². The van der Waals surface area contributed by atoms with Crippen LogP contribution in [0.2, 0.25) is 0 Å². The van der Waals surface area contributed by atoms with Gasteiger partial charge in [-0.1, -0.05) is 156 Å². The zero-order valence-electron chi connectivity index (χ0n) is 38.3. The predicted molar refractivity (Wildman–Crippen MR) is 264 cm³/mol. The van der Waals surface area contributed by atoms with Crippen molar-refractivity contribution in [2.24, 2.45) is 0 Å². The summed E-state index contributed by atoms with van der Waals surface area (Å²) in [5.74, 6) is 0. The minimum Gasteiger partial charge on any atom is -0.657 e. The van der Waals surface area contributed by atoms with Gasteiger partial charge in [0.05, 0.1) is 22.8 Å². The molecule has 0 fully saturated rings. The van der Waals surface area contributed by atoms with Crippen molar-refractivity contribution in [3.63, 3.8) is 0 Å². The normalized spacial score (nSPS) is 13.5. The Morgan fingerprint density at radius 3 is 1.61 bits per heavy atom. The number of rotatable bonds is 2. The largest absolute Gasteiger partial charge is 2.00 e. The van der Waals surface area contributed by atoms with Crippen LogP contribution in [-0.2, 0) is 41.1 Å². The summed E-state index contributed by atoms with van der Waals surface area (Å²) in [6.45, 7) is 27.5. The average molecular weight is 881 g/mol. The summed E-state index contributed by atoms with van der Waals surface area (Å²) in [7, 11) is 0.